The van der Waals surface area contributed by atoms with Crippen LogP contribution < -0.4 is 0 Å². The van der Waals surface area contributed by atoms with Crippen LogP contribution in [0.2, 0.25) is 0 Å². The fourth-order valence-electron chi connectivity index (χ4n) is 1.55. The van der Waals surface area contributed by atoms with Crippen molar-refractivity contribution in [1.82, 2.24) is 4.90 Å². The molecule has 1 saturated heterocycles. The van der Waals surface area contributed by atoms with Gasteiger partial charge in [0.05, 0.1) is 6.61 Å². The van der Waals surface area contributed by atoms with Crippen molar-refractivity contribution in [3.05, 3.63) is 0 Å². The van der Waals surface area contributed by atoms with E-state index >= 15 is 0 Å². The molecule has 1 atom stereocenters. The number of carboxylic acid groups (broad SMARTS) is 1. The van der Waals surface area contributed by atoms with Gasteiger partial charge in [-0.05, 0) is 18.4 Å². The average molecular weight is 215 g/mol. The molecule has 0 spiro atoms. The molecule has 0 aliphatic carbocycles. The Labute approximate surface area is 91.2 Å². The Hall–Kier alpha value is -0.610. The average Bonchev–Trinajstić information content (AvgIpc) is 2.14. The topological polar surface area (TPSA) is 49.8 Å². The molecule has 1 aliphatic heterocycles. The third-order valence-electron chi connectivity index (χ3n) is 2.60. The number of rotatable bonds is 3. The number of carbonyl (C=O) groups is 1. The maximum atomic E-state index is 10.7. The van der Waals surface area contributed by atoms with Gasteiger partial charge in [-0.15, -0.1) is 0 Å². The molecule has 1 fully saturated rings. The summed E-state index contributed by atoms with van der Waals surface area (Å²) in [5, 5.41) is 8.83. The summed E-state index contributed by atoms with van der Waals surface area (Å²) >= 11 is 0. The summed E-state index contributed by atoms with van der Waals surface area (Å²) in [5.41, 5.74) is 0.303. The van der Waals surface area contributed by atoms with Gasteiger partial charge in [0.1, 0.15) is 0 Å². The van der Waals surface area contributed by atoms with Crippen molar-refractivity contribution in [3.63, 3.8) is 0 Å². The van der Waals surface area contributed by atoms with Crippen LogP contribution in [0.4, 0.5) is 0 Å². The number of carboxylic acids is 1. The van der Waals surface area contributed by atoms with E-state index in [1.54, 1.807) is 0 Å². The first-order valence-corrected chi connectivity index (χ1v) is 5.45. The van der Waals surface area contributed by atoms with Crippen molar-refractivity contribution in [2.45, 2.75) is 33.3 Å². The van der Waals surface area contributed by atoms with Crippen LogP contribution in [0.25, 0.3) is 0 Å². The van der Waals surface area contributed by atoms with Crippen LogP contribution in [0.3, 0.4) is 0 Å². The van der Waals surface area contributed by atoms with E-state index in [1.807, 2.05) is 0 Å². The molecule has 0 aromatic rings. The molecule has 0 bridgehead atoms. The van der Waals surface area contributed by atoms with Gasteiger partial charge in [-0.1, -0.05) is 20.8 Å². The Bertz CT molecular complexity index is 222. The largest absolute Gasteiger partial charge is 0.479 e. The Morgan fingerprint density at radius 2 is 2.20 bits per heavy atom. The van der Waals surface area contributed by atoms with Gasteiger partial charge >= 0.3 is 5.97 Å². The van der Waals surface area contributed by atoms with Crippen LogP contribution in [0.5, 0.6) is 0 Å². The van der Waals surface area contributed by atoms with Gasteiger partial charge in [0.15, 0.2) is 6.10 Å². The van der Waals surface area contributed by atoms with Crippen LogP contribution in [0.15, 0.2) is 0 Å². The first-order valence-electron chi connectivity index (χ1n) is 5.45. The molecule has 0 amide bonds. The molecule has 15 heavy (non-hydrogen) atoms. The lowest BCUT2D eigenvalue weighted by Crippen LogP contribution is -2.46. The van der Waals surface area contributed by atoms with E-state index in [0.717, 1.165) is 19.5 Å². The minimum Gasteiger partial charge on any atom is -0.479 e. The second-order valence-corrected chi connectivity index (χ2v) is 5.31. The van der Waals surface area contributed by atoms with E-state index in [-0.39, 0.29) is 0 Å². The van der Waals surface area contributed by atoms with E-state index in [1.165, 1.54) is 0 Å². The highest BCUT2D eigenvalue weighted by atomic mass is 16.5. The van der Waals surface area contributed by atoms with Crippen LogP contribution >= 0.6 is 0 Å². The van der Waals surface area contributed by atoms with Crippen LogP contribution in [-0.4, -0.2) is 48.3 Å². The molecular formula is C11H21NO3. The van der Waals surface area contributed by atoms with E-state index in [0.29, 0.717) is 18.6 Å². The Morgan fingerprint density at radius 3 is 2.73 bits per heavy atom. The Morgan fingerprint density at radius 1 is 1.53 bits per heavy atom. The fourth-order valence-corrected chi connectivity index (χ4v) is 1.55. The maximum absolute atomic E-state index is 10.7. The number of ether oxygens (including phenoxy) is 1. The summed E-state index contributed by atoms with van der Waals surface area (Å²) in [7, 11) is 0. The number of hydrogen-bond acceptors (Lipinski definition) is 3. The summed E-state index contributed by atoms with van der Waals surface area (Å²) in [6.07, 6.45) is 0.443. The van der Waals surface area contributed by atoms with Crippen LogP contribution in [0, 0.1) is 5.41 Å². The van der Waals surface area contributed by atoms with Gasteiger partial charge in [0.25, 0.3) is 0 Å². The molecule has 1 aliphatic rings. The van der Waals surface area contributed by atoms with Crippen molar-refractivity contribution in [3.8, 4) is 0 Å². The molecule has 0 aromatic carbocycles. The zero-order valence-electron chi connectivity index (χ0n) is 9.82. The highest BCUT2D eigenvalue weighted by Crippen LogP contribution is 2.19. The van der Waals surface area contributed by atoms with Gasteiger partial charge in [-0.3, -0.25) is 4.90 Å². The summed E-state index contributed by atoms with van der Waals surface area (Å²) in [5.74, 6) is -0.851. The third-order valence-corrected chi connectivity index (χ3v) is 2.60. The zero-order valence-corrected chi connectivity index (χ0v) is 9.82. The second kappa shape index (κ2) is 4.94. The quantitative estimate of drug-likeness (QED) is 0.768. The highest BCUT2D eigenvalue weighted by Gasteiger charge is 2.26. The van der Waals surface area contributed by atoms with Gasteiger partial charge < -0.3 is 9.84 Å². The second-order valence-electron chi connectivity index (χ2n) is 5.31. The zero-order chi connectivity index (χ0) is 11.5. The van der Waals surface area contributed by atoms with Crippen molar-refractivity contribution in [1.29, 1.82) is 0 Å². The number of hydrogen-bond donors (Lipinski definition) is 1. The monoisotopic (exact) mass is 215 g/mol. The first-order chi connectivity index (χ1) is 6.88. The molecule has 1 N–H and O–H groups in total. The molecule has 4 heteroatoms. The van der Waals surface area contributed by atoms with Crippen LogP contribution in [-0.2, 0) is 9.53 Å². The molecule has 88 valence electrons. The lowest BCUT2D eigenvalue weighted by Gasteiger charge is -2.32. The molecular weight excluding hydrogens is 194 g/mol. The van der Waals surface area contributed by atoms with E-state index in [4.69, 9.17) is 9.84 Å². The van der Waals surface area contributed by atoms with E-state index < -0.39 is 12.1 Å². The summed E-state index contributed by atoms with van der Waals surface area (Å²) in [4.78, 5) is 12.9. The minimum atomic E-state index is -0.851. The van der Waals surface area contributed by atoms with Gasteiger partial charge in [0, 0.05) is 13.1 Å². The normalized spacial score (nSPS) is 24.1. The van der Waals surface area contributed by atoms with Crippen molar-refractivity contribution < 1.29 is 14.6 Å². The fraction of sp³-hybridized carbons (Fsp3) is 0.909. The van der Waals surface area contributed by atoms with Gasteiger partial charge in [-0.2, -0.15) is 0 Å². The number of aliphatic carboxylic acids is 1. The smallest absolute Gasteiger partial charge is 0.334 e. The first kappa shape index (κ1) is 12.5. The molecule has 4 nitrogen and oxygen atoms in total. The maximum Gasteiger partial charge on any atom is 0.334 e. The predicted molar refractivity (Wildman–Crippen MR) is 57.9 cm³/mol. The number of nitrogens with zero attached hydrogens (tertiary/aromatic N) is 1. The molecule has 1 unspecified atom stereocenters. The lowest BCUT2D eigenvalue weighted by molar-refractivity contribution is -0.156. The van der Waals surface area contributed by atoms with Crippen molar-refractivity contribution in [2.75, 3.05) is 26.2 Å². The molecule has 0 saturated carbocycles. The minimum absolute atomic E-state index is 0.303. The SMILES string of the molecule is CC(C)(C)CCN1CCOC(C(=O)O)C1. The third kappa shape index (κ3) is 4.62. The number of morpholine rings is 1. The summed E-state index contributed by atoms with van der Waals surface area (Å²) < 4.78 is 5.16. The Balaban J connectivity index is 2.34. The highest BCUT2D eigenvalue weighted by molar-refractivity contribution is 5.72. The van der Waals surface area contributed by atoms with Gasteiger partial charge in [-0.25, -0.2) is 4.79 Å². The Kier molecular flexibility index (Phi) is 4.11. The predicted octanol–water partition coefficient (Wildman–Crippen LogP) is 1.21. The molecule has 1 heterocycles. The molecule has 0 radical (unpaired) electrons. The van der Waals surface area contributed by atoms with Crippen molar-refractivity contribution in [2.24, 2.45) is 5.41 Å². The van der Waals surface area contributed by atoms with Gasteiger partial charge in [0.2, 0.25) is 0 Å². The molecule has 1 rings (SSSR count). The van der Waals surface area contributed by atoms with Crippen molar-refractivity contribution >= 4 is 5.97 Å². The summed E-state index contributed by atoms with van der Waals surface area (Å²) in [6, 6.07) is 0. The van der Waals surface area contributed by atoms with Crippen LogP contribution in [0.1, 0.15) is 27.2 Å². The lowest BCUT2D eigenvalue weighted by atomic mass is 9.92. The summed E-state index contributed by atoms with van der Waals surface area (Å²) in [6.45, 7) is 9.44. The van der Waals surface area contributed by atoms with E-state index in [9.17, 15) is 4.79 Å². The van der Waals surface area contributed by atoms with E-state index in [2.05, 4.69) is 25.7 Å². The molecule has 0 aromatic heterocycles. The standard InChI is InChI=1S/C11H21NO3/c1-11(2,3)4-5-12-6-7-15-9(8-12)10(13)14/h9H,4-8H2,1-3H3,(H,13,14).